The van der Waals surface area contributed by atoms with Crippen molar-refractivity contribution in [3.63, 3.8) is 0 Å². The van der Waals surface area contributed by atoms with Crippen LogP contribution in [0.1, 0.15) is 44.4 Å². The Bertz CT molecular complexity index is 552. The summed E-state index contributed by atoms with van der Waals surface area (Å²) in [4.78, 5) is 16.2. The van der Waals surface area contributed by atoms with Crippen LogP contribution < -0.4 is 0 Å². The summed E-state index contributed by atoms with van der Waals surface area (Å²) in [7, 11) is 0. The minimum atomic E-state index is -4.41. The highest BCUT2D eigenvalue weighted by molar-refractivity contribution is 8.01. The number of halogens is 3. The maximum absolute atomic E-state index is 12.5. The largest absolute Gasteiger partial charge is 0.417 e. The summed E-state index contributed by atoms with van der Waals surface area (Å²) in [6, 6.07) is 2.23. The molecule has 1 aromatic rings. The van der Waals surface area contributed by atoms with E-state index in [0.717, 1.165) is 43.9 Å². The highest BCUT2D eigenvalue weighted by atomic mass is 32.2. The van der Waals surface area contributed by atoms with E-state index in [0.29, 0.717) is 5.69 Å². The number of nitrogens with zero attached hydrogens (tertiary/aromatic N) is 1. The first-order chi connectivity index (χ1) is 11.2. The van der Waals surface area contributed by atoms with Crippen molar-refractivity contribution < 1.29 is 22.7 Å². The molecule has 2 heterocycles. The number of thioether (sulfide) groups is 1. The monoisotopic (exact) mass is 361 g/mol. The van der Waals surface area contributed by atoms with E-state index in [1.807, 2.05) is 13.8 Å². The van der Waals surface area contributed by atoms with Gasteiger partial charge in [0.05, 0.1) is 22.8 Å². The third-order valence-electron chi connectivity index (χ3n) is 4.07. The maximum Gasteiger partial charge on any atom is 0.417 e. The standard InChI is InChI=1S/C17H22F3NO2S/c1-16(2,24-11-14-5-3-4-8-23-14)15(22)9-13-7-6-12(10-21-13)17(18,19)20/h6-7,10,14H,3-5,8-9,11H2,1-2H3. The Morgan fingerprint density at radius 1 is 1.33 bits per heavy atom. The highest BCUT2D eigenvalue weighted by Crippen LogP contribution is 2.31. The predicted molar refractivity (Wildman–Crippen MR) is 88.1 cm³/mol. The van der Waals surface area contributed by atoms with Crippen molar-refractivity contribution in [3.8, 4) is 0 Å². The molecule has 0 saturated carbocycles. The maximum atomic E-state index is 12.5. The molecule has 2 rings (SSSR count). The minimum absolute atomic E-state index is 0.0314. The zero-order valence-corrected chi connectivity index (χ0v) is 14.7. The van der Waals surface area contributed by atoms with Crippen LogP contribution in [0.2, 0.25) is 0 Å². The zero-order valence-electron chi connectivity index (χ0n) is 13.9. The topological polar surface area (TPSA) is 39.2 Å². The van der Waals surface area contributed by atoms with Crippen LogP contribution in [0.5, 0.6) is 0 Å². The molecule has 1 aromatic heterocycles. The van der Waals surface area contributed by atoms with Crippen LogP contribution in [0.4, 0.5) is 13.2 Å². The molecule has 3 nitrogen and oxygen atoms in total. The third kappa shape index (κ3) is 5.48. The van der Waals surface area contributed by atoms with Crippen molar-refractivity contribution in [2.45, 2.75) is 56.6 Å². The van der Waals surface area contributed by atoms with Crippen molar-refractivity contribution in [3.05, 3.63) is 29.6 Å². The van der Waals surface area contributed by atoms with Crippen LogP contribution in [0, 0.1) is 0 Å². The van der Waals surface area contributed by atoms with Crippen molar-refractivity contribution >= 4 is 17.5 Å². The summed E-state index contributed by atoms with van der Waals surface area (Å²) in [5.41, 5.74) is -0.447. The van der Waals surface area contributed by atoms with E-state index in [4.69, 9.17) is 4.74 Å². The van der Waals surface area contributed by atoms with Crippen molar-refractivity contribution in [1.82, 2.24) is 4.98 Å². The predicted octanol–water partition coefficient (Wildman–Crippen LogP) is 4.29. The number of hydrogen-bond acceptors (Lipinski definition) is 4. The fraction of sp³-hybridized carbons (Fsp3) is 0.647. The number of carbonyl (C=O) groups excluding carboxylic acids is 1. The molecule has 0 bridgehead atoms. The van der Waals surface area contributed by atoms with Gasteiger partial charge in [-0.1, -0.05) is 0 Å². The average Bonchev–Trinajstić information content (AvgIpc) is 2.53. The van der Waals surface area contributed by atoms with Gasteiger partial charge in [-0.3, -0.25) is 9.78 Å². The number of carbonyl (C=O) groups is 1. The van der Waals surface area contributed by atoms with Gasteiger partial charge in [0.25, 0.3) is 0 Å². The van der Waals surface area contributed by atoms with Gasteiger partial charge in [0.1, 0.15) is 0 Å². The molecule has 1 fully saturated rings. The molecule has 1 aliphatic heterocycles. The number of ketones is 1. The van der Waals surface area contributed by atoms with Crippen LogP contribution in [0.25, 0.3) is 0 Å². The lowest BCUT2D eigenvalue weighted by atomic mass is 10.0. The molecule has 1 atom stereocenters. The molecule has 1 aliphatic rings. The molecule has 1 unspecified atom stereocenters. The van der Waals surface area contributed by atoms with Gasteiger partial charge in [-0.05, 0) is 45.2 Å². The Hall–Kier alpha value is -1.08. The normalized spacial score (nSPS) is 19.3. The van der Waals surface area contributed by atoms with E-state index in [2.05, 4.69) is 4.98 Å². The zero-order chi connectivity index (χ0) is 17.8. The second-order valence-corrected chi connectivity index (χ2v) is 8.09. The van der Waals surface area contributed by atoms with Gasteiger partial charge in [0.2, 0.25) is 0 Å². The van der Waals surface area contributed by atoms with E-state index in [1.54, 1.807) is 0 Å². The molecule has 0 N–H and O–H groups in total. The van der Waals surface area contributed by atoms with E-state index >= 15 is 0 Å². The van der Waals surface area contributed by atoms with Crippen LogP contribution in [-0.4, -0.2) is 34.0 Å². The number of Topliss-reactive ketones (excluding diaryl/α,β-unsaturated/α-hetero) is 1. The second-order valence-electron chi connectivity index (χ2n) is 6.45. The lowest BCUT2D eigenvalue weighted by Gasteiger charge is -2.27. The summed E-state index contributed by atoms with van der Waals surface area (Å²) >= 11 is 1.54. The number of alkyl halides is 3. The van der Waals surface area contributed by atoms with Gasteiger partial charge in [0, 0.05) is 24.3 Å². The van der Waals surface area contributed by atoms with Crippen LogP contribution >= 0.6 is 11.8 Å². The molecule has 0 amide bonds. The van der Waals surface area contributed by atoms with Gasteiger partial charge in [-0.25, -0.2) is 0 Å². The molecule has 134 valence electrons. The van der Waals surface area contributed by atoms with E-state index in [-0.39, 0.29) is 18.3 Å². The van der Waals surface area contributed by atoms with Crippen LogP contribution in [-0.2, 0) is 22.1 Å². The number of ether oxygens (including phenoxy) is 1. The quantitative estimate of drug-likeness (QED) is 0.758. The molecular formula is C17H22F3NO2S. The fourth-order valence-corrected chi connectivity index (χ4v) is 3.49. The number of pyridine rings is 1. The summed E-state index contributed by atoms with van der Waals surface area (Å²) in [5.74, 6) is 0.703. The Labute approximate surface area is 144 Å². The average molecular weight is 361 g/mol. The Morgan fingerprint density at radius 3 is 2.62 bits per heavy atom. The smallest absolute Gasteiger partial charge is 0.377 e. The second kappa shape index (κ2) is 7.87. The first kappa shape index (κ1) is 19.2. The van der Waals surface area contributed by atoms with Crippen LogP contribution in [0.3, 0.4) is 0 Å². The fourth-order valence-electron chi connectivity index (χ4n) is 2.39. The summed E-state index contributed by atoms with van der Waals surface area (Å²) in [5, 5.41) is 0. The molecule has 0 aromatic carbocycles. The molecule has 1 saturated heterocycles. The molecule has 0 spiro atoms. The SMILES string of the molecule is CC(C)(SCC1CCCCO1)C(=O)Cc1ccc(C(F)(F)F)cn1. The van der Waals surface area contributed by atoms with Gasteiger partial charge in [-0.2, -0.15) is 13.2 Å². The lowest BCUT2D eigenvalue weighted by Crippen LogP contribution is -2.32. The summed E-state index contributed by atoms with van der Waals surface area (Å²) in [6.07, 6.45) is -0.178. The lowest BCUT2D eigenvalue weighted by molar-refractivity contribution is -0.137. The van der Waals surface area contributed by atoms with E-state index in [9.17, 15) is 18.0 Å². The van der Waals surface area contributed by atoms with Gasteiger partial charge in [0.15, 0.2) is 5.78 Å². The third-order valence-corrected chi connectivity index (χ3v) is 5.56. The Balaban J connectivity index is 1.89. The number of hydrogen-bond donors (Lipinski definition) is 0. The van der Waals surface area contributed by atoms with Gasteiger partial charge in [-0.15, -0.1) is 11.8 Å². The minimum Gasteiger partial charge on any atom is -0.377 e. The first-order valence-electron chi connectivity index (χ1n) is 7.99. The summed E-state index contributed by atoms with van der Waals surface area (Å²) in [6.45, 7) is 4.45. The molecule has 7 heteroatoms. The van der Waals surface area contributed by atoms with Crippen molar-refractivity contribution in [1.29, 1.82) is 0 Å². The van der Waals surface area contributed by atoms with Crippen LogP contribution in [0.15, 0.2) is 18.3 Å². The Kier molecular flexibility index (Phi) is 6.31. The van der Waals surface area contributed by atoms with Gasteiger partial charge < -0.3 is 4.74 Å². The highest BCUT2D eigenvalue weighted by Gasteiger charge is 2.32. The van der Waals surface area contributed by atoms with Crippen molar-refractivity contribution in [2.24, 2.45) is 0 Å². The molecule has 0 radical (unpaired) electrons. The molecular weight excluding hydrogens is 339 g/mol. The van der Waals surface area contributed by atoms with E-state index in [1.165, 1.54) is 17.8 Å². The molecule has 24 heavy (non-hydrogen) atoms. The van der Waals surface area contributed by atoms with Gasteiger partial charge >= 0.3 is 6.18 Å². The summed E-state index contributed by atoms with van der Waals surface area (Å²) < 4.78 is 42.6. The van der Waals surface area contributed by atoms with Crippen molar-refractivity contribution in [2.75, 3.05) is 12.4 Å². The molecule has 0 aliphatic carbocycles. The number of aromatic nitrogens is 1. The first-order valence-corrected chi connectivity index (χ1v) is 8.98. The number of rotatable bonds is 6. The van der Waals surface area contributed by atoms with E-state index < -0.39 is 16.5 Å². The Morgan fingerprint density at radius 2 is 2.08 bits per heavy atom.